The predicted octanol–water partition coefficient (Wildman–Crippen LogP) is 6.41. The average Bonchev–Trinajstić information content (AvgIpc) is 3.37. The molecule has 0 bridgehead atoms. The van der Waals surface area contributed by atoms with Crippen LogP contribution in [0.2, 0.25) is 0 Å². The van der Waals surface area contributed by atoms with Crippen LogP contribution in [0.25, 0.3) is 21.3 Å². The van der Waals surface area contributed by atoms with Crippen molar-refractivity contribution >= 4 is 38.8 Å². The number of para-hydroxylation sites is 1. The Hall–Kier alpha value is -3.18. The van der Waals surface area contributed by atoms with Crippen molar-refractivity contribution in [2.75, 3.05) is 11.1 Å². The molecule has 0 saturated carbocycles. The first-order chi connectivity index (χ1) is 15.0. The highest BCUT2D eigenvalue weighted by molar-refractivity contribution is 7.21. The Kier molecular flexibility index (Phi) is 4.98. The smallest absolute Gasteiger partial charge is 0.267 e. The number of pyridine rings is 1. The van der Waals surface area contributed by atoms with E-state index in [1.807, 2.05) is 30.3 Å². The molecule has 4 nitrogen and oxygen atoms in total. The summed E-state index contributed by atoms with van der Waals surface area (Å²) in [5.41, 5.74) is 13.9. The molecule has 0 fully saturated rings. The van der Waals surface area contributed by atoms with Crippen LogP contribution in [0.3, 0.4) is 0 Å². The Morgan fingerprint density at radius 2 is 1.81 bits per heavy atom. The summed E-state index contributed by atoms with van der Waals surface area (Å²) in [4.78, 5) is 19.3. The fraction of sp³-hybridized carbons (Fsp3) is 0.231. The van der Waals surface area contributed by atoms with Crippen LogP contribution in [-0.4, -0.2) is 10.9 Å². The minimum Gasteiger partial charge on any atom is -0.397 e. The van der Waals surface area contributed by atoms with Gasteiger partial charge in [-0.2, -0.15) is 0 Å². The van der Waals surface area contributed by atoms with E-state index >= 15 is 0 Å². The number of carbonyl (C=O) groups is 1. The number of rotatable bonds is 4. The van der Waals surface area contributed by atoms with Crippen molar-refractivity contribution < 1.29 is 4.79 Å². The Morgan fingerprint density at radius 3 is 2.52 bits per heavy atom. The molecular formula is C26H25N3OS. The third-order valence-corrected chi connectivity index (χ3v) is 7.11. The molecule has 0 aliphatic heterocycles. The SMILES string of the molecule is CC(C)c1ccc(-c2c3c(nc4sc(C(=O)Nc5ccccc5)c(N)c24)CCC3)cc1. The molecule has 156 valence electrons. The van der Waals surface area contributed by atoms with E-state index < -0.39 is 0 Å². The highest BCUT2D eigenvalue weighted by atomic mass is 32.1. The minimum atomic E-state index is -0.187. The number of aromatic nitrogens is 1. The molecule has 1 aliphatic rings. The van der Waals surface area contributed by atoms with Gasteiger partial charge in [0.1, 0.15) is 9.71 Å². The van der Waals surface area contributed by atoms with Gasteiger partial charge in [-0.25, -0.2) is 4.98 Å². The second kappa shape index (κ2) is 7.82. The standard InChI is InChI=1S/C26H25N3OS/c1-15(2)16-11-13-17(14-12-16)21-19-9-6-10-20(19)29-26-22(21)23(27)24(31-26)25(30)28-18-7-4-3-5-8-18/h3-5,7-8,11-15H,6,9-10,27H2,1-2H3,(H,28,30). The Morgan fingerprint density at radius 1 is 1.06 bits per heavy atom. The molecule has 1 aliphatic carbocycles. The number of anilines is 2. The molecule has 0 unspecified atom stereocenters. The molecule has 4 aromatic rings. The molecule has 31 heavy (non-hydrogen) atoms. The van der Waals surface area contributed by atoms with E-state index in [1.165, 1.54) is 22.5 Å². The third kappa shape index (κ3) is 3.49. The molecule has 0 saturated heterocycles. The quantitative estimate of drug-likeness (QED) is 0.395. The van der Waals surface area contributed by atoms with Crippen molar-refractivity contribution in [2.24, 2.45) is 0 Å². The predicted molar refractivity (Wildman–Crippen MR) is 130 cm³/mol. The molecule has 0 spiro atoms. The van der Waals surface area contributed by atoms with Gasteiger partial charge in [-0.05, 0) is 59.6 Å². The fourth-order valence-electron chi connectivity index (χ4n) is 4.38. The number of fused-ring (bicyclic) bond motifs is 2. The number of benzene rings is 2. The van der Waals surface area contributed by atoms with Gasteiger partial charge in [0, 0.05) is 16.8 Å². The molecule has 5 rings (SSSR count). The number of nitrogens with one attached hydrogen (secondary N) is 1. The van der Waals surface area contributed by atoms with E-state index in [0.29, 0.717) is 16.5 Å². The maximum Gasteiger partial charge on any atom is 0.267 e. The lowest BCUT2D eigenvalue weighted by Gasteiger charge is -2.13. The molecular weight excluding hydrogens is 402 g/mol. The summed E-state index contributed by atoms with van der Waals surface area (Å²) < 4.78 is 0. The van der Waals surface area contributed by atoms with Crippen molar-refractivity contribution in [3.05, 3.63) is 76.3 Å². The summed E-state index contributed by atoms with van der Waals surface area (Å²) in [7, 11) is 0. The Labute approximate surface area is 186 Å². The normalized spacial score (nSPS) is 13.0. The lowest BCUT2D eigenvalue weighted by Crippen LogP contribution is -2.11. The Balaban J connectivity index is 1.65. The zero-order valence-electron chi connectivity index (χ0n) is 17.7. The summed E-state index contributed by atoms with van der Waals surface area (Å²) >= 11 is 1.39. The van der Waals surface area contributed by atoms with Gasteiger partial charge in [0.2, 0.25) is 0 Å². The fourth-order valence-corrected chi connectivity index (χ4v) is 5.40. The van der Waals surface area contributed by atoms with Gasteiger partial charge < -0.3 is 11.1 Å². The van der Waals surface area contributed by atoms with E-state index in [0.717, 1.165) is 52.0 Å². The first-order valence-electron chi connectivity index (χ1n) is 10.7. The van der Waals surface area contributed by atoms with E-state index in [2.05, 4.69) is 43.4 Å². The number of aryl methyl sites for hydroxylation is 1. The van der Waals surface area contributed by atoms with Crippen molar-refractivity contribution in [1.82, 2.24) is 4.98 Å². The minimum absolute atomic E-state index is 0.187. The van der Waals surface area contributed by atoms with Crippen molar-refractivity contribution in [3.63, 3.8) is 0 Å². The lowest BCUT2D eigenvalue weighted by molar-refractivity contribution is 0.103. The van der Waals surface area contributed by atoms with Crippen LogP contribution >= 0.6 is 11.3 Å². The number of carbonyl (C=O) groups excluding carboxylic acids is 1. The highest BCUT2D eigenvalue weighted by Crippen LogP contribution is 2.44. The molecule has 5 heteroatoms. The molecule has 1 amide bonds. The molecule has 0 radical (unpaired) electrons. The summed E-state index contributed by atoms with van der Waals surface area (Å²) in [5, 5.41) is 3.88. The van der Waals surface area contributed by atoms with Crippen LogP contribution in [0.15, 0.2) is 54.6 Å². The van der Waals surface area contributed by atoms with Gasteiger partial charge in [0.25, 0.3) is 5.91 Å². The van der Waals surface area contributed by atoms with E-state index in [4.69, 9.17) is 10.7 Å². The van der Waals surface area contributed by atoms with Crippen molar-refractivity contribution in [3.8, 4) is 11.1 Å². The Bertz CT molecular complexity index is 1270. The van der Waals surface area contributed by atoms with Crippen LogP contribution in [0.1, 0.15) is 52.7 Å². The molecule has 0 atom stereocenters. The van der Waals surface area contributed by atoms with Crippen molar-refractivity contribution in [1.29, 1.82) is 0 Å². The van der Waals surface area contributed by atoms with Crippen LogP contribution in [-0.2, 0) is 12.8 Å². The second-order valence-electron chi connectivity index (χ2n) is 8.39. The van der Waals surface area contributed by atoms with Crippen LogP contribution in [0.5, 0.6) is 0 Å². The summed E-state index contributed by atoms with van der Waals surface area (Å²) in [6.45, 7) is 4.40. The average molecular weight is 428 g/mol. The number of thiophene rings is 1. The number of nitrogens with zero attached hydrogens (tertiary/aromatic N) is 1. The van der Waals surface area contributed by atoms with Crippen LogP contribution in [0.4, 0.5) is 11.4 Å². The largest absolute Gasteiger partial charge is 0.397 e. The summed E-state index contributed by atoms with van der Waals surface area (Å²) in [6, 6.07) is 18.2. The summed E-state index contributed by atoms with van der Waals surface area (Å²) in [5.74, 6) is 0.296. The van der Waals surface area contributed by atoms with Crippen molar-refractivity contribution in [2.45, 2.75) is 39.0 Å². The maximum absolute atomic E-state index is 13.0. The third-order valence-electron chi connectivity index (χ3n) is 6.01. The first-order valence-corrected chi connectivity index (χ1v) is 11.5. The van der Waals surface area contributed by atoms with Crippen LogP contribution in [0, 0.1) is 0 Å². The van der Waals surface area contributed by atoms with Gasteiger partial charge in [-0.1, -0.05) is 56.3 Å². The second-order valence-corrected chi connectivity index (χ2v) is 9.39. The molecule has 2 aromatic heterocycles. The van der Waals surface area contributed by atoms with Gasteiger partial charge in [0.05, 0.1) is 5.69 Å². The summed E-state index contributed by atoms with van der Waals surface area (Å²) in [6.07, 6.45) is 3.09. The van der Waals surface area contributed by atoms with E-state index in [-0.39, 0.29) is 5.91 Å². The molecule has 2 heterocycles. The monoisotopic (exact) mass is 427 g/mol. The molecule has 2 aromatic carbocycles. The van der Waals surface area contributed by atoms with E-state index in [1.54, 1.807) is 0 Å². The van der Waals surface area contributed by atoms with Gasteiger partial charge in [0.15, 0.2) is 0 Å². The lowest BCUT2D eigenvalue weighted by atomic mass is 9.93. The molecule has 3 N–H and O–H groups in total. The number of hydrogen-bond donors (Lipinski definition) is 2. The highest BCUT2D eigenvalue weighted by Gasteiger charge is 2.26. The topological polar surface area (TPSA) is 68.0 Å². The van der Waals surface area contributed by atoms with Gasteiger partial charge in [-0.15, -0.1) is 11.3 Å². The maximum atomic E-state index is 13.0. The number of hydrogen-bond acceptors (Lipinski definition) is 4. The zero-order chi connectivity index (χ0) is 21.5. The number of nitrogens with two attached hydrogens (primary N) is 1. The van der Waals surface area contributed by atoms with Crippen LogP contribution < -0.4 is 11.1 Å². The first kappa shape index (κ1) is 19.8. The van der Waals surface area contributed by atoms with Gasteiger partial charge >= 0.3 is 0 Å². The number of nitrogen functional groups attached to an aromatic ring is 1. The van der Waals surface area contributed by atoms with E-state index in [9.17, 15) is 4.79 Å². The zero-order valence-corrected chi connectivity index (χ0v) is 18.6. The van der Waals surface area contributed by atoms with Gasteiger partial charge in [-0.3, -0.25) is 4.79 Å². The number of amides is 1.